The van der Waals surface area contributed by atoms with E-state index in [-0.39, 0.29) is 17.4 Å². The quantitative estimate of drug-likeness (QED) is 0.762. The lowest BCUT2D eigenvalue weighted by molar-refractivity contribution is 0.0524. The van der Waals surface area contributed by atoms with E-state index in [0.717, 1.165) is 0 Å². The Morgan fingerprint density at radius 3 is 2.75 bits per heavy atom. The summed E-state index contributed by atoms with van der Waals surface area (Å²) < 4.78 is 14.6. The van der Waals surface area contributed by atoms with Gasteiger partial charge < -0.3 is 10.4 Å². The smallest absolute Gasteiger partial charge is 0.271 e. The molecule has 0 fully saturated rings. The van der Waals surface area contributed by atoms with Gasteiger partial charge in [0.15, 0.2) is 10.8 Å². The molecule has 1 amide bonds. The van der Waals surface area contributed by atoms with Crippen LogP contribution in [0.5, 0.6) is 0 Å². The Hall–Kier alpha value is -2.44. The molecule has 3 aromatic rings. The first-order valence-corrected chi connectivity index (χ1v) is 7.65. The van der Waals surface area contributed by atoms with Gasteiger partial charge in [0.05, 0.1) is 6.54 Å². The lowest BCUT2D eigenvalue weighted by atomic mass is 9.96. The summed E-state index contributed by atoms with van der Waals surface area (Å²) in [5, 5.41) is 13.2. The zero-order valence-corrected chi connectivity index (χ0v) is 13.6. The number of fused-ring (bicyclic) bond motifs is 1. The van der Waals surface area contributed by atoms with Gasteiger partial charge in [-0.25, -0.2) is 9.37 Å². The first kappa shape index (κ1) is 16.4. The summed E-state index contributed by atoms with van der Waals surface area (Å²) >= 11 is 6.05. The zero-order chi connectivity index (χ0) is 17.3. The van der Waals surface area contributed by atoms with Crippen molar-refractivity contribution in [1.82, 2.24) is 14.7 Å². The third-order valence-corrected chi connectivity index (χ3v) is 4.03. The number of nitrogens with zero attached hydrogens (tertiary/aromatic N) is 2. The fraction of sp³-hybridized carbons (Fsp3) is 0.176. The SMILES string of the molecule is CC(O)(CNC(=O)c1c(Cl)nc2ccccn12)c1ccc(F)cc1. The highest BCUT2D eigenvalue weighted by atomic mass is 35.5. The Labute approximate surface area is 142 Å². The second-order valence-electron chi connectivity index (χ2n) is 5.64. The van der Waals surface area contributed by atoms with Crippen molar-refractivity contribution in [3.8, 4) is 0 Å². The highest BCUT2D eigenvalue weighted by molar-refractivity contribution is 6.32. The maximum absolute atomic E-state index is 13.0. The monoisotopic (exact) mass is 347 g/mol. The Morgan fingerprint density at radius 2 is 2.04 bits per heavy atom. The Morgan fingerprint density at radius 1 is 1.33 bits per heavy atom. The molecular weight excluding hydrogens is 333 g/mol. The first-order chi connectivity index (χ1) is 11.4. The maximum Gasteiger partial charge on any atom is 0.271 e. The highest BCUT2D eigenvalue weighted by Crippen LogP contribution is 2.21. The van der Waals surface area contributed by atoms with Crippen LogP contribution in [0.1, 0.15) is 23.0 Å². The summed E-state index contributed by atoms with van der Waals surface area (Å²) in [6.45, 7) is 1.48. The zero-order valence-electron chi connectivity index (χ0n) is 12.8. The third kappa shape index (κ3) is 3.11. The van der Waals surface area contributed by atoms with Gasteiger partial charge in [-0.3, -0.25) is 9.20 Å². The average molecular weight is 348 g/mol. The number of aliphatic hydroxyl groups is 1. The second-order valence-corrected chi connectivity index (χ2v) is 6.00. The van der Waals surface area contributed by atoms with Crippen LogP contribution in [0.4, 0.5) is 4.39 Å². The van der Waals surface area contributed by atoms with Gasteiger partial charge in [-0.1, -0.05) is 29.8 Å². The molecule has 0 aliphatic heterocycles. The largest absolute Gasteiger partial charge is 0.384 e. The molecule has 2 N–H and O–H groups in total. The number of hydrogen-bond acceptors (Lipinski definition) is 3. The molecule has 2 heterocycles. The Kier molecular flexibility index (Phi) is 4.26. The molecule has 24 heavy (non-hydrogen) atoms. The number of carbonyl (C=O) groups is 1. The maximum atomic E-state index is 13.0. The number of imidazole rings is 1. The second kappa shape index (κ2) is 6.22. The van der Waals surface area contributed by atoms with Crippen molar-refractivity contribution in [2.24, 2.45) is 0 Å². The fourth-order valence-corrected chi connectivity index (χ4v) is 2.68. The van der Waals surface area contributed by atoms with Crippen molar-refractivity contribution < 1.29 is 14.3 Å². The Balaban J connectivity index is 1.79. The minimum atomic E-state index is -1.35. The number of carbonyl (C=O) groups excluding carboxylic acids is 1. The minimum absolute atomic E-state index is 0.0616. The topological polar surface area (TPSA) is 66.6 Å². The molecule has 124 valence electrons. The van der Waals surface area contributed by atoms with Crippen LogP contribution in [0.15, 0.2) is 48.7 Å². The molecule has 0 aliphatic carbocycles. The van der Waals surface area contributed by atoms with Gasteiger partial charge in [0, 0.05) is 6.20 Å². The van der Waals surface area contributed by atoms with Crippen molar-refractivity contribution in [3.05, 3.63) is 70.9 Å². The summed E-state index contributed by atoms with van der Waals surface area (Å²) in [7, 11) is 0. The van der Waals surface area contributed by atoms with Gasteiger partial charge in [-0.2, -0.15) is 0 Å². The predicted octanol–water partition coefficient (Wildman–Crippen LogP) is 2.76. The summed E-state index contributed by atoms with van der Waals surface area (Å²) in [6, 6.07) is 10.7. The van der Waals surface area contributed by atoms with Crippen LogP contribution in [0, 0.1) is 5.82 Å². The van der Waals surface area contributed by atoms with Crippen molar-refractivity contribution in [2.75, 3.05) is 6.54 Å². The third-order valence-electron chi connectivity index (χ3n) is 3.76. The van der Waals surface area contributed by atoms with Crippen molar-refractivity contribution in [2.45, 2.75) is 12.5 Å². The number of aromatic nitrogens is 2. The number of hydrogen-bond donors (Lipinski definition) is 2. The molecule has 0 spiro atoms. The van der Waals surface area contributed by atoms with Crippen LogP contribution in [-0.4, -0.2) is 26.9 Å². The van der Waals surface area contributed by atoms with E-state index in [9.17, 15) is 14.3 Å². The standard InChI is InChI=1S/C17H15ClFN3O2/c1-17(24,11-5-7-12(19)8-6-11)10-20-16(23)14-15(18)21-13-4-2-3-9-22(13)14/h2-9,24H,10H2,1H3,(H,20,23). The predicted molar refractivity (Wildman–Crippen MR) is 88.5 cm³/mol. The number of amides is 1. The van der Waals surface area contributed by atoms with E-state index >= 15 is 0 Å². The van der Waals surface area contributed by atoms with Gasteiger partial charge in [0.25, 0.3) is 5.91 Å². The first-order valence-electron chi connectivity index (χ1n) is 7.28. The van der Waals surface area contributed by atoms with Gasteiger partial charge in [0.2, 0.25) is 0 Å². The molecule has 2 aromatic heterocycles. The molecule has 0 bridgehead atoms. The van der Waals surface area contributed by atoms with Crippen LogP contribution in [0.2, 0.25) is 5.15 Å². The van der Waals surface area contributed by atoms with Crippen molar-refractivity contribution >= 4 is 23.2 Å². The number of benzene rings is 1. The number of halogens is 2. The highest BCUT2D eigenvalue weighted by Gasteiger charge is 2.26. The van der Waals surface area contributed by atoms with Crippen LogP contribution >= 0.6 is 11.6 Å². The van der Waals surface area contributed by atoms with E-state index in [4.69, 9.17) is 11.6 Å². The minimum Gasteiger partial charge on any atom is -0.384 e. The summed E-state index contributed by atoms with van der Waals surface area (Å²) in [6.07, 6.45) is 1.68. The molecular formula is C17H15ClFN3O2. The fourth-order valence-electron chi connectivity index (χ4n) is 2.42. The van der Waals surface area contributed by atoms with Gasteiger partial charge in [-0.05, 0) is 36.8 Å². The molecule has 3 rings (SSSR count). The molecule has 0 saturated carbocycles. The van der Waals surface area contributed by atoms with Gasteiger partial charge >= 0.3 is 0 Å². The van der Waals surface area contributed by atoms with E-state index in [2.05, 4.69) is 10.3 Å². The normalized spacial score (nSPS) is 13.7. The molecule has 1 aromatic carbocycles. The molecule has 0 aliphatic rings. The summed E-state index contributed by atoms with van der Waals surface area (Å²) in [5.41, 5.74) is -0.107. The van der Waals surface area contributed by atoms with E-state index < -0.39 is 17.3 Å². The van der Waals surface area contributed by atoms with E-state index in [1.165, 1.54) is 31.2 Å². The number of rotatable bonds is 4. The Bertz CT molecular complexity index is 890. The van der Waals surface area contributed by atoms with Gasteiger partial charge in [0.1, 0.15) is 17.1 Å². The molecule has 5 nitrogen and oxygen atoms in total. The lowest BCUT2D eigenvalue weighted by Crippen LogP contribution is -2.39. The molecule has 0 saturated heterocycles. The molecule has 7 heteroatoms. The van der Waals surface area contributed by atoms with Crippen LogP contribution in [0.3, 0.4) is 0 Å². The molecule has 1 unspecified atom stereocenters. The van der Waals surface area contributed by atoms with E-state index in [1.54, 1.807) is 28.8 Å². The molecule has 1 atom stereocenters. The summed E-state index contributed by atoms with van der Waals surface area (Å²) in [5.74, 6) is -0.850. The van der Waals surface area contributed by atoms with Crippen LogP contribution in [-0.2, 0) is 5.60 Å². The van der Waals surface area contributed by atoms with Crippen LogP contribution in [0.25, 0.3) is 5.65 Å². The van der Waals surface area contributed by atoms with Crippen LogP contribution < -0.4 is 5.32 Å². The average Bonchev–Trinajstić information content (AvgIpc) is 2.89. The number of pyridine rings is 1. The summed E-state index contributed by atoms with van der Waals surface area (Å²) in [4.78, 5) is 16.6. The number of nitrogens with one attached hydrogen (secondary N) is 1. The van der Waals surface area contributed by atoms with E-state index in [1.807, 2.05) is 0 Å². The molecule has 0 radical (unpaired) electrons. The van der Waals surface area contributed by atoms with E-state index in [0.29, 0.717) is 11.2 Å². The lowest BCUT2D eigenvalue weighted by Gasteiger charge is -2.24. The van der Waals surface area contributed by atoms with Crippen molar-refractivity contribution in [1.29, 1.82) is 0 Å². The van der Waals surface area contributed by atoms with Gasteiger partial charge in [-0.15, -0.1) is 0 Å². The van der Waals surface area contributed by atoms with Crippen molar-refractivity contribution in [3.63, 3.8) is 0 Å².